The van der Waals surface area contributed by atoms with Crippen molar-refractivity contribution in [2.45, 2.75) is 45.1 Å². The van der Waals surface area contributed by atoms with Crippen molar-refractivity contribution < 1.29 is 22.6 Å². The second-order valence-corrected chi connectivity index (χ2v) is 8.84. The monoisotopic (exact) mass is 459 g/mol. The number of nitrogens with zero attached hydrogens (tertiary/aromatic N) is 3. The molecule has 0 radical (unpaired) electrons. The van der Waals surface area contributed by atoms with E-state index < -0.39 is 17.5 Å². The van der Waals surface area contributed by atoms with Crippen molar-refractivity contribution in [1.29, 1.82) is 0 Å². The lowest BCUT2D eigenvalue weighted by Crippen LogP contribution is -2.32. The summed E-state index contributed by atoms with van der Waals surface area (Å²) in [7, 11) is 0. The molecule has 0 N–H and O–H groups in total. The van der Waals surface area contributed by atoms with Crippen LogP contribution in [0.3, 0.4) is 0 Å². The third kappa shape index (κ3) is 3.93. The Balaban J connectivity index is 1.68. The molecule has 2 aliphatic heterocycles. The maximum absolute atomic E-state index is 14.8. The van der Waals surface area contributed by atoms with E-state index in [-0.39, 0.29) is 34.5 Å². The SMILES string of the molecule is Cc1nc2c(-c3cc(F)c(F)cc3F)nc(C3CCOC(C4CCOC4)C3)cn2c(=O)c1C. The molecule has 2 aliphatic rings. The number of aromatic nitrogens is 3. The average Bonchev–Trinajstić information content (AvgIpc) is 3.35. The van der Waals surface area contributed by atoms with E-state index >= 15 is 0 Å². The van der Waals surface area contributed by atoms with Crippen LogP contribution in [0.2, 0.25) is 0 Å². The van der Waals surface area contributed by atoms with Crippen LogP contribution < -0.4 is 5.56 Å². The van der Waals surface area contributed by atoms with Crippen molar-refractivity contribution in [3.8, 4) is 11.3 Å². The van der Waals surface area contributed by atoms with Crippen LogP contribution in [0.25, 0.3) is 16.9 Å². The first-order valence-electron chi connectivity index (χ1n) is 11.1. The normalized spacial score (nSPS) is 23.4. The lowest BCUT2D eigenvalue weighted by atomic mass is 9.86. The summed E-state index contributed by atoms with van der Waals surface area (Å²) >= 11 is 0. The minimum absolute atomic E-state index is 0.00167. The Hall–Kier alpha value is -2.78. The summed E-state index contributed by atoms with van der Waals surface area (Å²) in [5, 5.41) is 0. The van der Waals surface area contributed by atoms with Gasteiger partial charge in [0.2, 0.25) is 0 Å². The van der Waals surface area contributed by atoms with Crippen LogP contribution in [-0.4, -0.2) is 40.3 Å². The summed E-state index contributed by atoms with van der Waals surface area (Å²) < 4.78 is 55.3. The molecule has 2 saturated heterocycles. The molecule has 0 amide bonds. The third-order valence-corrected chi connectivity index (χ3v) is 6.79. The van der Waals surface area contributed by atoms with Crippen molar-refractivity contribution in [2.75, 3.05) is 19.8 Å². The van der Waals surface area contributed by atoms with Crippen LogP contribution in [0.4, 0.5) is 13.2 Å². The standard InChI is InChI=1S/C24H24F3N3O3/c1-12-13(2)28-23-22(16-8-18(26)19(27)9-17(16)25)29-20(10-30(23)24(12)31)14-4-6-33-21(7-14)15-3-5-32-11-15/h8-10,14-15,21H,3-7,11H2,1-2H3. The third-order valence-electron chi connectivity index (χ3n) is 6.79. The van der Waals surface area contributed by atoms with E-state index in [4.69, 9.17) is 9.47 Å². The lowest BCUT2D eigenvalue weighted by molar-refractivity contribution is -0.0311. The highest BCUT2D eigenvalue weighted by atomic mass is 19.2. The first-order chi connectivity index (χ1) is 15.8. The second-order valence-electron chi connectivity index (χ2n) is 8.84. The molecule has 0 bridgehead atoms. The van der Waals surface area contributed by atoms with Crippen molar-refractivity contribution >= 4 is 5.65 Å². The first-order valence-corrected chi connectivity index (χ1v) is 11.1. The van der Waals surface area contributed by atoms with E-state index in [1.165, 1.54) is 4.40 Å². The summed E-state index contributed by atoms with van der Waals surface area (Å²) in [4.78, 5) is 22.2. The fourth-order valence-electron chi connectivity index (χ4n) is 4.71. The summed E-state index contributed by atoms with van der Waals surface area (Å²) in [6, 6.07) is 1.25. The van der Waals surface area contributed by atoms with E-state index in [1.807, 2.05) is 0 Å². The van der Waals surface area contributed by atoms with Gasteiger partial charge in [0.25, 0.3) is 5.56 Å². The molecule has 9 heteroatoms. The molecule has 0 aliphatic carbocycles. The number of hydrogen-bond acceptors (Lipinski definition) is 5. The van der Waals surface area contributed by atoms with Crippen molar-refractivity contribution in [3.63, 3.8) is 0 Å². The van der Waals surface area contributed by atoms with Gasteiger partial charge >= 0.3 is 0 Å². The molecule has 1 aromatic carbocycles. The fraction of sp³-hybridized carbons (Fsp3) is 0.458. The largest absolute Gasteiger partial charge is 0.381 e. The van der Waals surface area contributed by atoms with Crippen LogP contribution in [-0.2, 0) is 9.47 Å². The van der Waals surface area contributed by atoms with Gasteiger partial charge in [0.15, 0.2) is 17.3 Å². The molecule has 4 heterocycles. The second kappa shape index (κ2) is 8.53. The zero-order chi connectivity index (χ0) is 23.3. The smallest absolute Gasteiger partial charge is 0.261 e. The molecular weight excluding hydrogens is 435 g/mol. The van der Waals surface area contributed by atoms with Gasteiger partial charge in [-0.05, 0) is 39.2 Å². The predicted octanol–water partition coefficient (Wildman–Crippen LogP) is 4.09. The zero-order valence-corrected chi connectivity index (χ0v) is 18.4. The van der Waals surface area contributed by atoms with Crippen LogP contribution in [0.15, 0.2) is 23.1 Å². The Morgan fingerprint density at radius 3 is 2.58 bits per heavy atom. The number of aryl methyl sites for hydroxylation is 1. The Labute approximate surface area is 188 Å². The van der Waals surface area contributed by atoms with Crippen LogP contribution in [0.5, 0.6) is 0 Å². The Kier molecular flexibility index (Phi) is 5.70. The quantitative estimate of drug-likeness (QED) is 0.552. The van der Waals surface area contributed by atoms with Crippen molar-refractivity contribution in [2.24, 2.45) is 5.92 Å². The Morgan fingerprint density at radius 2 is 1.82 bits per heavy atom. The number of ether oxygens (including phenoxy) is 2. The molecule has 3 aromatic rings. The van der Waals surface area contributed by atoms with Gasteiger partial charge in [-0.15, -0.1) is 0 Å². The van der Waals surface area contributed by atoms with E-state index in [9.17, 15) is 18.0 Å². The molecule has 0 saturated carbocycles. The van der Waals surface area contributed by atoms with E-state index in [0.29, 0.717) is 61.6 Å². The zero-order valence-electron chi connectivity index (χ0n) is 18.4. The molecular formula is C24H24F3N3O3. The van der Waals surface area contributed by atoms with Gasteiger partial charge in [0.1, 0.15) is 11.5 Å². The van der Waals surface area contributed by atoms with E-state index in [2.05, 4.69) is 9.97 Å². The molecule has 6 nitrogen and oxygen atoms in total. The van der Waals surface area contributed by atoms with Crippen LogP contribution in [0, 0.1) is 37.2 Å². The van der Waals surface area contributed by atoms with Gasteiger partial charge in [-0.25, -0.2) is 23.1 Å². The van der Waals surface area contributed by atoms with Gasteiger partial charge in [-0.1, -0.05) is 0 Å². The molecule has 2 fully saturated rings. The van der Waals surface area contributed by atoms with Crippen LogP contribution >= 0.6 is 0 Å². The first kappa shape index (κ1) is 22.0. The van der Waals surface area contributed by atoms with Gasteiger partial charge in [0.05, 0.1) is 18.4 Å². The highest BCUT2D eigenvalue weighted by Gasteiger charge is 2.33. The topological polar surface area (TPSA) is 65.7 Å². The number of halogens is 3. The van der Waals surface area contributed by atoms with Gasteiger partial charge in [0, 0.05) is 54.1 Å². The molecule has 3 unspecified atom stereocenters. The summed E-state index contributed by atoms with van der Waals surface area (Å²) in [6.45, 7) is 5.22. The summed E-state index contributed by atoms with van der Waals surface area (Å²) in [6.07, 6.45) is 3.92. The Bertz CT molecular complexity index is 1290. The van der Waals surface area contributed by atoms with Crippen molar-refractivity contribution in [3.05, 3.63) is 63.1 Å². The lowest BCUT2D eigenvalue weighted by Gasteiger charge is -2.32. The van der Waals surface area contributed by atoms with Gasteiger partial charge in [-0.2, -0.15) is 0 Å². The molecule has 0 spiro atoms. The number of benzene rings is 1. The van der Waals surface area contributed by atoms with Gasteiger partial charge in [-0.3, -0.25) is 9.20 Å². The highest BCUT2D eigenvalue weighted by Crippen LogP contribution is 2.36. The number of fused-ring (bicyclic) bond motifs is 1. The maximum atomic E-state index is 14.8. The molecule has 174 valence electrons. The van der Waals surface area contributed by atoms with Crippen molar-refractivity contribution in [1.82, 2.24) is 14.4 Å². The Morgan fingerprint density at radius 1 is 1.03 bits per heavy atom. The van der Waals surface area contributed by atoms with Crippen LogP contribution in [0.1, 0.15) is 42.1 Å². The predicted molar refractivity (Wildman–Crippen MR) is 115 cm³/mol. The average molecular weight is 459 g/mol. The molecule has 3 atom stereocenters. The summed E-state index contributed by atoms with van der Waals surface area (Å²) in [5.74, 6) is -3.21. The van der Waals surface area contributed by atoms with E-state index in [0.717, 1.165) is 12.5 Å². The minimum Gasteiger partial charge on any atom is -0.381 e. The van der Waals surface area contributed by atoms with E-state index in [1.54, 1.807) is 20.0 Å². The number of rotatable bonds is 3. The maximum Gasteiger partial charge on any atom is 0.261 e. The fourth-order valence-corrected chi connectivity index (χ4v) is 4.71. The molecule has 5 rings (SSSR count). The minimum atomic E-state index is -1.29. The van der Waals surface area contributed by atoms with Gasteiger partial charge < -0.3 is 9.47 Å². The molecule has 33 heavy (non-hydrogen) atoms. The number of hydrogen-bond donors (Lipinski definition) is 0. The summed E-state index contributed by atoms with van der Waals surface area (Å²) in [5.41, 5.74) is 1.05. The molecule has 2 aromatic heterocycles. The highest BCUT2D eigenvalue weighted by molar-refractivity contribution is 5.74.